The van der Waals surface area contributed by atoms with E-state index in [0.717, 1.165) is 21.1 Å². The molecule has 3 aromatic rings. The molecule has 1 heterocycles. The minimum atomic E-state index is -0.554. The molecule has 0 radical (unpaired) electrons. The van der Waals surface area contributed by atoms with Crippen molar-refractivity contribution in [3.8, 4) is 11.5 Å². The molecule has 1 fully saturated rings. The molecule has 0 unspecified atom stereocenters. The molecule has 9 heteroatoms. The van der Waals surface area contributed by atoms with Gasteiger partial charge in [0.05, 0.1) is 24.1 Å². The Balaban J connectivity index is 1.53. The number of carbonyl (C=O) groups is 3. The summed E-state index contributed by atoms with van der Waals surface area (Å²) < 4.78 is 25.5. The van der Waals surface area contributed by atoms with Crippen LogP contribution in [-0.2, 0) is 11.3 Å². The van der Waals surface area contributed by atoms with Gasteiger partial charge in [-0.1, -0.05) is 46.3 Å². The average molecular weight is 542 g/mol. The lowest BCUT2D eigenvalue weighted by molar-refractivity contribution is -0.123. The van der Waals surface area contributed by atoms with E-state index < -0.39 is 22.9 Å². The van der Waals surface area contributed by atoms with E-state index in [-0.39, 0.29) is 28.5 Å². The third-order valence-corrected chi connectivity index (χ3v) is 6.31. The summed E-state index contributed by atoms with van der Waals surface area (Å²) in [5, 5.41) is -0.481. The molecule has 6 nitrogen and oxygen atoms in total. The second-order valence-electron chi connectivity index (χ2n) is 7.17. The first-order chi connectivity index (χ1) is 16.4. The van der Waals surface area contributed by atoms with Crippen LogP contribution >= 0.6 is 27.7 Å². The lowest BCUT2D eigenvalue weighted by Gasteiger charge is -2.13. The summed E-state index contributed by atoms with van der Waals surface area (Å²) in [5.74, 6) is -1.06. The smallest absolute Gasteiger partial charge is 0.343 e. The number of halogens is 2. The first-order valence-corrected chi connectivity index (χ1v) is 11.6. The molecule has 0 bridgehead atoms. The lowest BCUT2D eigenvalue weighted by atomic mass is 10.1. The highest BCUT2D eigenvalue weighted by atomic mass is 79.9. The van der Waals surface area contributed by atoms with Crippen molar-refractivity contribution in [1.82, 2.24) is 4.90 Å². The van der Waals surface area contributed by atoms with Gasteiger partial charge >= 0.3 is 5.97 Å². The summed E-state index contributed by atoms with van der Waals surface area (Å²) in [6.45, 7) is -0.150. The predicted molar refractivity (Wildman–Crippen MR) is 130 cm³/mol. The monoisotopic (exact) mass is 541 g/mol. The molecule has 4 rings (SSSR count). The highest BCUT2D eigenvalue weighted by molar-refractivity contribution is 9.10. The Hall–Kier alpha value is -3.43. The van der Waals surface area contributed by atoms with Crippen LogP contribution in [-0.4, -0.2) is 29.1 Å². The molecule has 2 amide bonds. The maximum absolute atomic E-state index is 14.0. The fourth-order valence-electron chi connectivity index (χ4n) is 3.22. The van der Waals surface area contributed by atoms with E-state index in [4.69, 9.17) is 9.47 Å². The maximum Gasteiger partial charge on any atom is 0.343 e. The lowest BCUT2D eigenvalue weighted by Crippen LogP contribution is -2.27. The van der Waals surface area contributed by atoms with Crippen LogP contribution in [0.25, 0.3) is 6.08 Å². The SMILES string of the molecule is COc1cc(/C=C2\SC(=O)N(Cc3ccccc3F)C2=O)ccc1OC(=O)c1cccc(Br)c1. The van der Waals surface area contributed by atoms with Crippen molar-refractivity contribution in [2.24, 2.45) is 0 Å². The number of nitrogens with zero attached hydrogens (tertiary/aromatic N) is 1. The molecule has 1 aliphatic rings. The van der Waals surface area contributed by atoms with E-state index in [9.17, 15) is 18.8 Å². The van der Waals surface area contributed by atoms with Crippen molar-refractivity contribution in [2.45, 2.75) is 6.54 Å². The van der Waals surface area contributed by atoms with E-state index in [1.54, 1.807) is 54.6 Å². The van der Waals surface area contributed by atoms with Crippen molar-refractivity contribution in [2.75, 3.05) is 7.11 Å². The Labute approximate surface area is 207 Å². The summed E-state index contributed by atoms with van der Waals surface area (Å²) in [6.07, 6.45) is 1.54. The number of methoxy groups -OCH3 is 1. The molecule has 0 aromatic heterocycles. The van der Waals surface area contributed by atoms with E-state index in [0.29, 0.717) is 11.1 Å². The fourth-order valence-corrected chi connectivity index (χ4v) is 4.45. The van der Waals surface area contributed by atoms with Gasteiger partial charge < -0.3 is 9.47 Å². The van der Waals surface area contributed by atoms with Gasteiger partial charge in [-0.2, -0.15) is 0 Å². The minimum Gasteiger partial charge on any atom is -0.493 e. The minimum absolute atomic E-state index is 0.150. The number of carbonyl (C=O) groups excluding carboxylic acids is 3. The molecule has 0 saturated carbocycles. The number of hydrogen-bond acceptors (Lipinski definition) is 6. The van der Waals surface area contributed by atoms with Crippen molar-refractivity contribution in [3.63, 3.8) is 0 Å². The van der Waals surface area contributed by atoms with Gasteiger partial charge in [-0.05, 0) is 59.8 Å². The maximum atomic E-state index is 14.0. The van der Waals surface area contributed by atoms with Crippen LogP contribution in [0.1, 0.15) is 21.5 Å². The van der Waals surface area contributed by atoms with Gasteiger partial charge in [-0.25, -0.2) is 9.18 Å². The Morgan fingerprint density at radius 2 is 1.85 bits per heavy atom. The summed E-state index contributed by atoms with van der Waals surface area (Å²) in [5.41, 5.74) is 1.18. The number of rotatable bonds is 6. The van der Waals surface area contributed by atoms with Crippen LogP contribution in [0.15, 0.2) is 76.1 Å². The molecule has 0 N–H and O–H groups in total. The third kappa shape index (κ3) is 5.21. The third-order valence-electron chi connectivity index (χ3n) is 4.91. The molecular formula is C25H17BrFNO5S. The Morgan fingerprint density at radius 3 is 2.59 bits per heavy atom. The largest absolute Gasteiger partial charge is 0.493 e. The molecule has 3 aromatic carbocycles. The molecule has 0 aliphatic carbocycles. The van der Waals surface area contributed by atoms with Crippen LogP contribution in [0.2, 0.25) is 0 Å². The highest BCUT2D eigenvalue weighted by Gasteiger charge is 2.35. The van der Waals surface area contributed by atoms with Crippen molar-refractivity contribution in [3.05, 3.63) is 98.6 Å². The van der Waals surface area contributed by atoms with Crippen LogP contribution in [0.5, 0.6) is 11.5 Å². The molecule has 0 atom stereocenters. The van der Waals surface area contributed by atoms with E-state index in [1.165, 1.54) is 25.3 Å². The number of ether oxygens (including phenoxy) is 2. The van der Waals surface area contributed by atoms with Gasteiger partial charge in [0, 0.05) is 10.0 Å². The second-order valence-corrected chi connectivity index (χ2v) is 9.08. The van der Waals surface area contributed by atoms with Crippen molar-refractivity contribution >= 4 is 50.9 Å². The highest BCUT2D eigenvalue weighted by Crippen LogP contribution is 2.35. The summed E-state index contributed by atoms with van der Waals surface area (Å²) in [6, 6.07) is 17.6. The number of hydrogen-bond donors (Lipinski definition) is 0. The van der Waals surface area contributed by atoms with Crippen LogP contribution in [0.3, 0.4) is 0 Å². The first kappa shape index (κ1) is 23.7. The van der Waals surface area contributed by atoms with Gasteiger partial charge in [0.15, 0.2) is 11.5 Å². The van der Waals surface area contributed by atoms with Crippen molar-refractivity contribution < 1.29 is 28.2 Å². The van der Waals surface area contributed by atoms with E-state index >= 15 is 0 Å². The molecule has 34 heavy (non-hydrogen) atoms. The van der Waals surface area contributed by atoms with Crippen LogP contribution < -0.4 is 9.47 Å². The molecule has 1 saturated heterocycles. The first-order valence-electron chi connectivity index (χ1n) is 10.0. The number of thioether (sulfide) groups is 1. The molecule has 0 spiro atoms. The topological polar surface area (TPSA) is 72.9 Å². The zero-order valence-corrected chi connectivity index (χ0v) is 20.2. The zero-order chi connectivity index (χ0) is 24.2. The second kappa shape index (κ2) is 10.2. The zero-order valence-electron chi connectivity index (χ0n) is 17.8. The van der Waals surface area contributed by atoms with Gasteiger partial charge in [-0.15, -0.1) is 0 Å². The number of esters is 1. The van der Waals surface area contributed by atoms with E-state index in [1.807, 2.05) is 0 Å². The van der Waals surface area contributed by atoms with Gasteiger partial charge in [0.2, 0.25) is 0 Å². The van der Waals surface area contributed by atoms with Gasteiger partial charge in [-0.3, -0.25) is 14.5 Å². The number of amides is 2. The summed E-state index contributed by atoms with van der Waals surface area (Å²) in [4.78, 5) is 38.8. The molecule has 172 valence electrons. The van der Waals surface area contributed by atoms with Crippen LogP contribution in [0, 0.1) is 5.82 Å². The fraction of sp³-hybridized carbons (Fsp3) is 0.0800. The Kier molecular flexibility index (Phi) is 7.14. The number of benzene rings is 3. The molecule has 1 aliphatic heterocycles. The van der Waals surface area contributed by atoms with Gasteiger partial charge in [0.25, 0.3) is 11.1 Å². The van der Waals surface area contributed by atoms with Gasteiger partial charge in [0.1, 0.15) is 5.82 Å². The molecular weight excluding hydrogens is 525 g/mol. The van der Waals surface area contributed by atoms with Crippen LogP contribution in [0.4, 0.5) is 9.18 Å². The number of imide groups is 1. The Morgan fingerprint density at radius 1 is 1.06 bits per heavy atom. The standard InChI is InChI=1S/C25H17BrFNO5S/c1-32-21-11-15(9-10-20(21)33-24(30)16-6-4-7-18(26)13-16)12-22-23(29)28(25(31)34-22)14-17-5-2-3-8-19(17)27/h2-13H,14H2,1H3/b22-12-. The Bertz CT molecular complexity index is 1330. The normalized spacial score (nSPS) is 14.6. The quantitative estimate of drug-likeness (QED) is 0.215. The average Bonchev–Trinajstić information content (AvgIpc) is 3.08. The van der Waals surface area contributed by atoms with Crippen molar-refractivity contribution in [1.29, 1.82) is 0 Å². The summed E-state index contributed by atoms with van der Waals surface area (Å²) >= 11 is 4.09. The van der Waals surface area contributed by atoms with E-state index in [2.05, 4.69) is 15.9 Å². The predicted octanol–water partition coefficient (Wildman–Crippen LogP) is 6.05. The summed E-state index contributed by atoms with van der Waals surface area (Å²) in [7, 11) is 1.43.